The Balaban J connectivity index is 0.000000823. The molecule has 1 aromatic rings. The molecule has 11 nitrogen and oxygen atoms in total. The fraction of sp³-hybridized carbons (Fsp3) is 0.952. The van der Waals surface area contributed by atoms with Gasteiger partial charge in [0, 0.05) is 134 Å². The third-order valence-corrected chi connectivity index (χ3v) is 16.0. The van der Waals surface area contributed by atoms with Crippen LogP contribution in [0, 0.1) is 0 Å². The van der Waals surface area contributed by atoms with Crippen LogP contribution in [-0.4, -0.2) is 225 Å². The highest BCUT2D eigenvalue weighted by molar-refractivity contribution is 7.99. The molecule has 442 valence electrons. The number of rotatable bonds is 1. The first-order chi connectivity index (χ1) is 33.4. The van der Waals surface area contributed by atoms with E-state index in [-0.39, 0.29) is 13.0 Å². The summed E-state index contributed by atoms with van der Waals surface area (Å²) in [6.07, 6.45) is 14.0. The molecule has 0 bridgehead atoms. The molecule has 12 heteroatoms. The number of ether oxygens (including phenoxy) is 1. The Morgan fingerprint density at radius 3 is 0.932 bits per heavy atom. The highest BCUT2D eigenvalue weighted by Gasteiger charge is 2.30. The number of piperidine rings is 1. The van der Waals surface area contributed by atoms with E-state index < -0.39 is 0 Å². The van der Waals surface area contributed by atoms with Crippen molar-refractivity contribution in [3.63, 3.8) is 0 Å². The van der Waals surface area contributed by atoms with E-state index in [0.717, 1.165) is 32.3 Å². The predicted molar refractivity (Wildman–Crippen MR) is 332 cm³/mol. The van der Waals surface area contributed by atoms with Crippen molar-refractivity contribution < 1.29 is 4.74 Å². The van der Waals surface area contributed by atoms with Gasteiger partial charge < -0.3 is 14.2 Å². The minimum absolute atomic E-state index is 0. The van der Waals surface area contributed by atoms with Crippen LogP contribution in [0.5, 0.6) is 0 Å². The van der Waals surface area contributed by atoms with Crippen molar-refractivity contribution in [2.75, 3.05) is 136 Å². The van der Waals surface area contributed by atoms with Crippen molar-refractivity contribution in [1.29, 1.82) is 0 Å². The molecule has 0 amide bonds. The topological polar surface area (TPSA) is 52.7 Å². The number of aromatic nitrogens is 2. The first kappa shape index (κ1) is 73.2. The second-order valence-corrected chi connectivity index (χ2v) is 30.1. The molecule has 0 spiro atoms. The molecule has 8 rings (SSSR count). The summed E-state index contributed by atoms with van der Waals surface area (Å²) in [5.74, 6) is 2.63. The zero-order valence-corrected chi connectivity index (χ0v) is 54.3. The van der Waals surface area contributed by atoms with Crippen LogP contribution < -0.4 is 0 Å². The lowest BCUT2D eigenvalue weighted by Gasteiger charge is -2.42. The number of hydrogen-bond acceptors (Lipinski definition) is 11. The Hall–Kier alpha value is -0.800. The molecule has 0 N–H and O–H groups in total. The number of imidazole rings is 1. The Labute approximate surface area is 468 Å². The first-order valence-electron chi connectivity index (χ1n) is 29.5. The second-order valence-electron chi connectivity index (χ2n) is 28.9. The monoisotopic (exact) mass is 1070 g/mol. The van der Waals surface area contributed by atoms with Gasteiger partial charge in [0.15, 0.2) is 0 Å². The Morgan fingerprint density at radius 2 is 0.716 bits per heavy atom. The minimum Gasteiger partial charge on any atom is -0.379 e. The number of likely N-dealkylation sites (N-methyl/N-ethyl adjacent to an activating group) is 1. The molecule has 0 aliphatic carbocycles. The highest BCUT2D eigenvalue weighted by atomic mass is 32.2. The zero-order valence-electron chi connectivity index (χ0n) is 53.5. The second kappa shape index (κ2) is 34.4. The molecule has 0 unspecified atom stereocenters. The van der Waals surface area contributed by atoms with Crippen LogP contribution in [0.15, 0.2) is 18.7 Å². The largest absolute Gasteiger partial charge is 0.379 e. The maximum atomic E-state index is 5.25. The molecule has 0 radical (unpaired) electrons. The number of piperazine rings is 1. The minimum atomic E-state index is 0. The fourth-order valence-corrected chi connectivity index (χ4v) is 10.0. The molecule has 7 aliphatic rings. The van der Waals surface area contributed by atoms with Gasteiger partial charge in [-0.15, -0.1) is 0 Å². The van der Waals surface area contributed by atoms with E-state index in [1.807, 2.05) is 12.5 Å². The van der Waals surface area contributed by atoms with Gasteiger partial charge in [0.2, 0.25) is 0 Å². The van der Waals surface area contributed by atoms with Crippen LogP contribution in [0.3, 0.4) is 0 Å². The summed E-state index contributed by atoms with van der Waals surface area (Å²) in [4.78, 5) is 23.9. The average Bonchev–Trinajstić information content (AvgIpc) is 3.69. The van der Waals surface area contributed by atoms with Crippen molar-refractivity contribution in [3.8, 4) is 0 Å². The molecular weight excluding hydrogens is 933 g/mol. The number of hydrogen-bond donors (Lipinski definition) is 0. The van der Waals surface area contributed by atoms with Crippen LogP contribution in [0.25, 0.3) is 0 Å². The normalized spacial score (nSPS) is 21.5. The molecular formula is C62H132N10OS. The number of nitrogens with zero attached hydrogens (tertiary/aromatic N) is 10. The van der Waals surface area contributed by atoms with Crippen molar-refractivity contribution >= 4 is 11.8 Å². The Kier molecular flexibility index (Phi) is 34.0. The zero-order chi connectivity index (χ0) is 55.9. The molecule has 7 saturated heterocycles. The van der Waals surface area contributed by atoms with Crippen LogP contribution in [0.1, 0.15) is 205 Å². The summed E-state index contributed by atoms with van der Waals surface area (Å²) < 4.78 is 7.33. The summed E-state index contributed by atoms with van der Waals surface area (Å²) in [6.45, 7) is 73.9. The quantitative estimate of drug-likeness (QED) is 0.253. The van der Waals surface area contributed by atoms with Crippen LogP contribution in [-0.2, 0) is 10.3 Å². The van der Waals surface area contributed by atoms with Gasteiger partial charge in [-0.05, 0) is 238 Å². The third kappa shape index (κ3) is 33.6. The van der Waals surface area contributed by atoms with Crippen molar-refractivity contribution in [3.05, 3.63) is 18.7 Å². The lowest BCUT2D eigenvalue weighted by molar-refractivity contribution is -0.00389. The van der Waals surface area contributed by atoms with Gasteiger partial charge in [-0.3, -0.25) is 34.3 Å². The van der Waals surface area contributed by atoms with Crippen molar-refractivity contribution in [1.82, 2.24) is 48.8 Å². The van der Waals surface area contributed by atoms with Crippen LogP contribution in [0.2, 0.25) is 0 Å². The number of thioether (sulfide) groups is 1. The van der Waals surface area contributed by atoms with Crippen LogP contribution in [0.4, 0.5) is 0 Å². The molecule has 1 aromatic heterocycles. The van der Waals surface area contributed by atoms with Gasteiger partial charge in [-0.1, -0.05) is 13.8 Å². The summed E-state index contributed by atoms with van der Waals surface area (Å²) in [5.41, 5.74) is 2.58. The highest BCUT2D eigenvalue weighted by Crippen LogP contribution is 2.23. The third-order valence-electron chi connectivity index (χ3n) is 15.0. The first-order valence-corrected chi connectivity index (χ1v) is 30.7. The Bertz CT molecular complexity index is 1400. The molecule has 0 aromatic carbocycles. The van der Waals surface area contributed by atoms with E-state index in [9.17, 15) is 0 Å². The van der Waals surface area contributed by atoms with E-state index in [2.05, 4.69) is 227 Å². The maximum Gasteiger partial charge on any atom is 0.0950 e. The van der Waals surface area contributed by atoms with E-state index in [4.69, 9.17) is 4.74 Å². The number of morpholine rings is 1. The van der Waals surface area contributed by atoms with E-state index in [0.29, 0.717) is 33.2 Å². The predicted octanol–water partition coefficient (Wildman–Crippen LogP) is 12.6. The summed E-state index contributed by atoms with van der Waals surface area (Å²) in [5, 5.41) is 0. The lowest BCUT2D eigenvalue weighted by atomic mass is 10.0. The molecule has 0 atom stereocenters. The average molecular weight is 1070 g/mol. The molecule has 74 heavy (non-hydrogen) atoms. The summed E-state index contributed by atoms with van der Waals surface area (Å²) in [7, 11) is 2.19. The van der Waals surface area contributed by atoms with Crippen LogP contribution >= 0.6 is 11.8 Å². The molecule has 7 fully saturated rings. The standard InChI is InChI=1S/C9H19N.C8H18N2.C8H17NO.C8H17NS.C8H17N.C7H12N2.C7H15N.C6H13N.CH4/c1-9(2,3)10-7-5-4-6-8-10;1-8(2)10-6-4-9(3)5-7-10;2*1-8(2,3)9-4-6-10-7-5-9;1-8(2,3)9-6-4-5-7-9;1-7(2,3)9-5-4-8-6-9;1-7(2,3)8-5-4-6-8;1-6(2,3)7-4-5-7;/h4-8H2,1-3H3;8H,4-7H2,1-3H3;2*4-7H2,1-3H3;4-7H2,1-3H3;4-6H,1-3H3;4-6H2,1-3H3;4-5H2,1-3H3;1H4. The van der Waals surface area contributed by atoms with Gasteiger partial charge in [0.1, 0.15) is 0 Å². The SMILES string of the molecule is C.CC(C)(C)N1CC1.CC(C)(C)N1CCC1.CC(C)(C)N1CCCC1.CC(C)(C)N1CCCCC1.CC(C)(C)N1CCOCC1.CC(C)(C)N1CCSCC1.CC(C)(C)n1ccnc1.CC(C)N1CCN(C)CC1. The molecule has 8 heterocycles. The smallest absolute Gasteiger partial charge is 0.0950 e. The van der Waals surface area contributed by atoms with Gasteiger partial charge >= 0.3 is 0 Å². The van der Waals surface area contributed by atoms with Crippen molar-refractivity contribution in [2.24, 2.45) is 0 Å². The van der Waals surface area contributed by atoms with E-state index in [1.165, 1.54) is 142 Å². The fourth-order valence-electron chi connectivity index (χ4n) is 9.12. The lowest BCUT2D eigenvalue weighted by Crippen LogP contribution is -2.49. The van der Waals surface area contributed by atoms with Gasteiger partial charge in [0.05, 0.1) is 19.5 Å². The maximum absolute atomic E-state index is 5.25. The Morgan fingerprint density at radius 1 is 0.392 bits per heavy atom. The van der Waals surface area contributed by atoms with E-state index in [1.54, 1.807) is 6.20 Å². The number of likely N-dealkylation sites (tertiary alicyclic amines) is 3. The van der Waals surface area contributed by atoms with Crippen molar-refractivity contribution in [2.45, 2.75) is 250 Å². The summed E-state index contributed by atoms with van der Waals surface area (Å²) in [6, 6.07) is 0.730. The van der Waals surface area contributed by atoms with Gasteiger partial charge in [-0.2, -0.15) is 11.8 Å². The van der Waals surface area contributed by atoms with Gasteiger partial charge in [-0.25, -0.2) is 4.98 Å². The van der Waals surface area contributed by atoms with E-state index >= 15 is 0 Å². The molecule has 0 saturated carbocycles. The molecule has 7 aliphatic heterocycles. The van der Waals surface area contributed by atoms with Gasteiger partial charge in [0.25, 0.3) is 0 Å². The summed E-state index contributed by atoms with van der Waals surface area (Å²) >= 11 is 2.07.